The number of hydrogen-bond donors (Lipinski definition) is 1. The zero-order valence-electron chi connectivity index (χ0n) is 17.1. The number of nitrogens with zero attached hydrogens (tertiary/aromatic N) is 2. The van der Waals surface area contributed by atoms with Gasteiger partial charge < -0.3 is 19.3 Å². The van der Waals surface area contributed by atoms with E-state index in [0.29, 0.717) is 35.2 Å². The molecule has 0 bridgehead atoms. The van der Waals surface area contributed by atoms with E-state index < -0.39 is 17.7 Å². The van der Waals surface area contributed by atoms with Gasteiger partial charge in [-0.25, -0.2) is 0 Å². The predicted molar refractivity (Wildman–Crippen MR) is 117 cm³/mol. The molecule has 1 unspecified atom stereocenters. The molecular formula is C22H24Cl2N2O4. The Kier molecular flexibility index (Phi) is 6.91. The highest BCUT2D eigenvalue weighted by atomic mass is 35.5. The smallest absolute Gasteiger partial charge is 0.295 e. The highest BCUT2D eigenvalue weighted by Gasteiger charge is 2.47. The van der Waals surface area contributed by atoms with Gasteiger partial charge in [-0.1, -0.05) is 37.0 Å². The Morgan fingerprint density at radius 1 is 1.13 bits per heavy atom. The number of carbonyl (C=O) groups excluding carboxylic acids is 2. The van der Waals surface area contributed by atoms with Crippen LogP contribution in [0.5, 0.6) is 0 Å². The van der Waals surface area contributed by atoms with Crippen molar-refractivity contribution in [3.05, 3.63) is 63.0 Å². The molecular weight excluding hydrogens is 427 g/mol. The number of ketones is 1. The van der Waals surface area contributed by atoms with Crippen molar-refractivity contribution >= 4 is 40.7 Å². The summed E-state index contributed by atoms with van der Waals surface area (Å²) >= 11 is 12.0. The summed E-state index contributed by atoms with van der Waals surface area (Å²) in [5, 5.41) is 11.5. The van der Waals surface area contributed by atoms with Gasteiger partial charge in [0.1, 0.15) is 23.3 Å². The van der Waals surface area contributed by atoms with Crippen LogP contribution >= 0.6 is 23.2 Å². The van der Waals surface area contributed by atoms with E-state index in [1.165, 1.54) is 17.0 Å². The molecule has 1 saturated heterocycles. The average molecular weight is 451 g/mol. The van der Waals surface area contributed by atoms with Crippen LogP contribution in [0.15, 0.2) is 40.3 Å². The Hall–Kier alpha value is -2.28. The number of halogens is 2. The zero-order valence-corrected chi connectivity index (χ0v) is 18.6. The highest BCUT2D eigenvalue weighted by Crippen LogP contribution is 2.40. The van der Waals surface area contributed by atoms with Gasteiger partial charge in [0, 0.05) is 18.7 Å². The van der Waals surface area contributed by atoms with Gasteiger partial charge in [0.05, 0.1) is 15.6 Å². The van der Waals surface area contributed by atoms with Crippen molar-refractivity contribution in [1.29, 1.82) is 0 Å². The van der Waals surface area contributed by atoms with Crippen molar-refractivity contribution in [3.63, 3.8) is 0 Å². The molecule has 0 spiro atoms. The molecule has 1 N–H and O–H groups in total. The van der Waals surface area contributed by atoms with Crippen molar-refractivity contribution in [2.24, 2.45) is 0 Å². The number of amides is 1. The van der Waals surface area contributed by atoms with E-state index in [9.17, 15) is 14.7 Å². The van der Waals surface area contributed by atoms with Crippen LogP contribution in [-0.2, 0) is 9.59 Å². The van der Waals surface area contributed by atoms with Gasteiger partial charge in [-0.05, 0) is 50.3 Å². The van der Waals surface area contributed by atoms with Crippen molar-refractivity contribution in [3.8, 4) is 0 Å². The molecule has 1 amide bonds. The third-order valence-electron chi connectivity index (χ3n) is 5.32. The van der Waals surface area contributed by atoms with Gasteiger partial charge in [0.2, 0.25) is 0 Å². The molecule has 0 saturated carbocycles. The topological polar surface area (TPSA) is 74.0 Å². The van der Waals surface area contributed by atoms with Crippen LogP contribution in [0.2, 0.25) is 10.0 Å². The van der Waals surface area contributed by atoms with E-state index in [2.05, 4.69) is 4.90 Å². The number of carbonyl (C=O) groups is 2. The molecule has 1 aliphatic heterocycles. The lowest BCUT2D eigenvalue weighted by Gasteiger charge is -2.26. The molecule has 1 fully saturated rings. The van der Waals surface area contributed by atoms with Gasteiger partial charge in [-0.2, -0.15) is 0 Å². The number of aryl methyl sites for hydroxylation is 1. The second-order valence-electron chi connectivity index (χ2n) is 7.10. The average Bonchev–Trinajstić information content (AvgIpc) is 3.26. The third-order valence-corrected chi connectivity index (χ3v) is 6.05. The van der Waals surface area contributed by atoms with Gasteiger partial charge >= 0.3 is 0 Å². The van der Waals surface area contributed by atoms with E-state index in [0.717, 1.165) is 13.1 Å². The lowest BCUT2D eigenvalue weighted by atomic mass is 9.99. The van der Waals surface area contributed by atoms with Crippen molar-refractivity contribution in [2.45, 2.75) is 26.8 Å². The number of aliphatic hydroxyl groups is 1. The number of hydrogen-bond acceptors (Lipinski definition) is 5. The van der Waals surface area contributed by atoms with Crippen molar-refractivity contribution in [1.82, 2.24) is 9.80 Å². The number of furan rings is 1. The highest BCUT2D eigenvalue weighted by molar-refractivity contribution is 6.46. The number of Topliss-reactive ketones (excluding diaryl/α,β-unsaturated/α-hetero) is 1. The van der Waals surface area contributed by atoms with Gasteiger partial charge in [0.15, 0.2) is 0 Å². The lowest BCUT2D eigenvalue weighted by Crippen LogP contribution is -2.37. The fourth-order valence-electron chi connectivity index (χ4n) is 3.59. The molecule has 1 atom stereocenters. The first-order valence-corrected chi connectivity index (χ1v) is 10.6. The van der Waals surface area contributed by atoms with E-state index in [4.69, 9.17) is 27.6 Å². The van der Waals surface area contributed by atoms with Crippen molar-refractivity contribution in [2.75, 3.05) is 26.2 Å². The number of rotatable bonds is 7. The first kappa shape index (κ1) is 22.4. The maximum absolute atomic E-state index is 12.9. The molecule has 6 nitrogen and oxygen atoms in total. The van der Waals surface area contributed by atoms with Gasteiger partial charge in [-0.3, -0.25) is 9.59 Å². The fourth-order valence-corrected chi connectivity index (χ4v) is 3.89. The van der Waals surface area contributed by atoms with Gasteiger partial charge in [0.25, 0.3) is 11.7 Å². The van der Waals surface area contributed by atoms with Crippen LogP contribution in [0.1, 0.15) is 37.0 Å². The minimum atomic E-state index is -0.816. The number of benzene rings is 1. The summed E-state index contributed by atoms with van der Waals surface area (Å²) in [6.45, 7) is 8.44. The van der Waals surface area contributed by atoms with Crippen LogP contribution in [0, 0.1) is 6.92 Å². The second kappa shape index (κ2) is 9.25. The molecule has 8 heteroatoms. The Bertz CT molecular complexity index is 995. The van der Waals surface area contributed by atoms with Gasteiger partial charge in [-0.15, -0.1) is 0 Å². The number of aliphatic hydroxyl groups excluding tert-OH is 1. The molecule has 30 heavy (non-hydrogen) atoms. The quantitative estimate of drug-likeness (QED) is 0.377. The standard InChI is InChI=1S/C22H24Cl2N2O4/c1-4-25(5-2)10-11-26-19(17-9-6-13(3)30-17)18(21(28)22(26)29)20(27)14-7-8-15(23)16(24)12-14/h6-9,12,19,27H,4-5,10-11H2,1-3H3/b20-18-. The van der Waals surface area contributed by atoms with Crippen LogP contribution in [0.25, 0.3) is 5.76 Å². The largest absolute Gasteiger partial charge is 0.507 e. The number of likely N-dealkylation sites (N-methyl/N-ethyl adjacent to an activating group) is 1. The first-order chi connectivity index (χ1) is 14.3. The summed E-state index contributed by atoms with van der Waals surface area (Å²) in [6.07, 6.45) is 0. The monoisotopic (exact) mass is 450 g/mol. The minimum absolute atomic E-state index is 0.0210. The molecule has 1 aromatic carbocycles. The molecule has 2 heterocycles. The molecule has 3 rings (SSSR count). The lowest BCUT2D eigenvalue weighted by molar-refractivity contribution is -0.140. The van der Waals surface area contributed by atoms with E-state index in [-0.39, 0.29) is 16.4 Å². The molecule has 1 aromatic heterocycles. The van der Waals surface area contributed by atoms with E-state index in [1.54, 1.807) is 25.1 Å². The maximum atomic E-state index is 12.9. The summed E-state index contributed by atoms with van der Waals surface area (Å²) in [6, 6.07) is 7.21. The molecule has 2 aromatic rings. The van der Waals surface area contributed by atoms with Crippen LogP contribution < -0.4 is 0 Å². The molecule has 0 radical (unpaired) electrons. The van der Waals surface area contributed by atoms with Crippen LogP contribution in [-0.4, -0.2) is 52.8 Å². The minimum Gasteiger partial charge on any atom is -0.507 e. The molecule has 1 aliphatic rings. The Morgan fingerprint density at radius 3 is 2.40 bits per heavy atom. The maximum Gasteiger partial charge on any atom is 0.295 e. The number of likely N-dealkylation sites (tertiary alicyclic amines) is 1. The Labute approximate surface area is 185 Å². The fraction of sp³-hybridized carbons (Fsp3) is 0.364. The zero-order chi connectivity index (χ0) is 22.0. The van der Waals surface area contributed by atoms with Crippen molar-refractivity contribution < 1.29 is 19.1 Å². The summed E-state index contributed by atoms with van der Waals surface area (Å²) in [7, 11) is 0. The summed E-state index contributed by atoms with van der Waals surface area (Å²) in [5.41, 5.74) is 0.284. The summed E-state index contributed by atoms with van der Waals surface area (Å²) < 4.78 is 5.76. The van der Waals surface area contributed by atoms with Crippen LogP contribution in [0.4, 0.5) is 0 Å². The molecule has 0 aliphatic carbocycles. The van der Waals surface area contributed by atoms with Crippen LogP contribution in [0.3, 0.4) is 0 Å². The van der Waals surface area contributed by atoms with E-state index in [1.807, 2.05) is 13.8 Å². The predicted octanol–water partition coefficient (Wildman–Crippen LogP) is 4.66. The normalized spacial score (nSPS) is 18.6. The Morgan fingerprint density at radius 2 is 1.83 bits per heavy atom. The first-order valence-electron chi connectivity index (χ1n) is 9.81. The summed E-state index contributed by atoms with van der Waals surface area (Å²) in [4.78, 5) is 29.4. The second-order valence-corrected chi connectivity index (χ2v) is 7.91. The SMILES string of the molecule is CCN(CC)CCN1C(=O)C(=O)/C(=C(\O)c2ccc(Cl)c(Cl)c2)C1c1ccc(C)o1. The molecule has 160 valence electrons. The van der Waals surface area contributed by atoms with E-state index >= 15 is 0 Å². The summed E-state index contributed by atoms with van der Waals surface area (Å²) in [5.74, 6) is -0.655. The third kappa shape index (κ3) is 4.26. The Balaban J connectivity index is 2.09.